The Morgan fingerprint density at radius 3 is 2.45 bits per heavy atom. The maximum Gasteiger partial charge on any atom is 0.239 e. The first kappa shape index (κ1) is 39.4. The molecule has 3 aliphatic carbocycles. The highest BCUT2D eigenvalue weighted by atomic mass is 32.2. The number of amides is 1. The number of hydrogen-bond donors (Lipinski definition) is 2. The van der Waals surface area contributed by atoms with Crippen LogP contribution in [0, 0.1) is 23.7 Å². The number of nitrogens with zero attached hydrogens (tertiary/aromatic N) is 2. The monoisotopic (exact) mass is 746 g/mol. The van der Waals surface area contributed by atoms with Crippen molar-refractivity contribution in [3.63, 3.8) is 0 Å². The van der Waals surface area contributed by atoms with Gasteiger partial charge in [0.05, 0.1) is 18.2 Å². The lowest BCUT2D eigenvalue weighted by atomic mass is 9.55. The van der Waals surface area contributed by atoms with Crippen LogP contribution in [0.25, 0.3) is 0 Å². The average molecular weight is 747 g/mol. The standard InChI is InChI=1S/C43H58N2O7S/c1-5-22-45(42(48)29-14-15-29)39-28-37(44-50-7-3)35-26-30(12-8-10-23-46)34(13-9-11-24-47)40-36-27-32(51-31-16-19-33(53-4)20-17-31)18-21-38(36)52-43(39,41(35)40)49-25-6-2/h6,16-21,26-27,29-30,34,39-41,46-47H,2,5,7-15,22-25,28H2,1,3-4H3/t30-,34+,39-,40+,41+,43+/m0/s1. The first-order chi connectivity index (χ1) is 25.9. The summed E-state index contributed by atoms with van der Waals surface area (Å²) in [7, 11) is 0. The molecule has 1 amide bonds. The summed E-state index contributed by atoms with van der Waals surface area (Å²) < 4.78 is 20.9. The van der Waals surface area contributed by atoms with Crippen molar-refractivity contribution >= 4 is 23.4 Å². The minimum Gasteiger partial charge on any atom is -0.459 e. The Morgan fingerprint density at radius 1 is 1.06 bits per heavy atom. The maximum atomic E-state index is 14.2. The summed E-state index contributed by atoms with van der Waals surface area (Å²) in [5.74, 6) is 1.09. The lowest BCUT2D eigenvalue weighted by Gasteiger charge is -2.60. The number of ether oxygens (including phenoxy) is 3. The van der Waals surface area contributed by atoms with Crippen LogP contribution < -0.4 is 9.47 Å². The molecule has 2 aromatic carbocycles. The number of fused-ring (bicyclic) bond motifs is 2. The van der Waals surface area contributed by atoms with Gasteiger partial charge in [0, 0.05) is 48.5 Å². The first-order valence-electron chi connectivity index (χ1n) is 19.8. The molecule has 10 heteroatoms. The van der Waals surface area contributed by atoms with Crippen LogP contribution in [0.1, 0.15) is 89.5 Å². The molecule has 0 saturated heterocycles. The topological polar surface area (TPSA) is 110 Å². The van der Waals surface area contributed by atoms with Gasteiger partial charge >= 0.3 is 0 Å². The van der Waals surface area contributed by atoms with E-state index in [1.165, 1.54) is 4.90 Å². The molecular formula is C43H58N2O7S. The van der Waals surface area contributed by atoms with E-state index in [9.17, 15) is 15.0 Å². The smallest absolute Gasteiger partial charge is 0.239 e. The van der Waals surface area contributed by atoms with E-state index in [1.807, 2.05) is 36.1 Å². The van der Waals surface area contributed by atoms with Crippen LogP contribution in [0.2, 0.25) is 0 Å². The molecule has 0 spiro atoms. The molecule has 0 radical (unpaired) electrons. The van der Waals surface area contributed by atoms with E-state index in [2.05, 4.69) is 44.0 Å². The van der Waals surface area contributed by atoms with Gasteiger partial charge in [-0.2, -0.15) is 0 Å². The molecule has 0 unspecified atom stereocenters. The molecule has 0 aromatic heterocycles. The Kier molecular flexibility index (Phi) is 13.6. The Hall–Kier alpha value is -3.31. The third kappa shape index (κ3) is 8.51. The van der Waals surface area contributed by atoms with Gasteiger partial charge in [-0.25, -0.2) is 0 Å². The van der Waals surface area contributed by atoms with Crippen LogP contribution in [0.5, 0.6) is 17.2 Å². The van der Waals surface area contributed by atoms with E-state index in [0.717, 1.165) is 85.5 Å². The molecular weight excluding hydrogens is 689 g/mol. The van der Waals surface area contributed by atoms with Crippen LogP contribution in [0.15, 0.2) is 76.8 Å². The van der Waals surface area contributed by atoms with Gasteiger partial charge in [-0.15, -0.1) is 18.3 Å². The number of carbonyl (C=O) groups excluding carboxylic acids is 1. The average Bonchev–Trinajstić information content (AvgIpc) is 4.03. The Balaban J connectivity index is 1.56. The number of aliphatic hydroxyl groups excluding tert-OH is 2. The van der Waals surface area contributed by atoms with E-state index >= 15 is 0 Å². The number of benzene rings is 2. The van der Waals surface area contributed by atoms with E-state index in [0.29, 0.717) is 26.0 Å². The van der Waals surface area contributed by atoms with Gasteiger partial charge in [0.25, 0.3) is 0 Å². The quantitative estimate of drug-likeness (QED) is 0.0601. The second-order valence-electron chi connectivity index (χ2n) is 14.8. The second-order valence-corrected chi connectivity index (χ2v) is 15.7. The zero-order valence-corrected chi connectivity index (χ0v) is 32.5. The van der Waals surface area contributed by atoms with Gasteiger partial charge in [-0.3, -0.25) is 4.79 Å². The minimum absolute atomic E-state index is 0.0204. The minimum atomic E-state index is -1.22. The van der Waals surface area contributed by atoms with Crippen LogP contribution in [0.4, 0.5) is 0 Å². The number of oxime groups is 1. The van der Waals surface area contributed by atoms with Crippen LogP contribution >= 0.6 is 11.8 Å². The number of thioether (sulfide) groups is 1. The van der Waals surface area contributed by atoms with Crippen LogP contribution in [-0.4, -0.2) is 77.8 Å². The zero-order chi connectivity index (χ0) is 37.4. The first-order valence-corrected chi connectivity index (χ1v) is 21.0. The third-order valence-electron chi connectivity index (χ3n) is 11.3. The van der Waals surface area contributed by atoms with Gasteiger partial charge < -0.3 is 34.2 Å². The van der Waals surface area contributed by atoms with Crippen molar-refractivity contribution < 1.29 is 34.1 Å². The Labute approximate surface area is 319 Å². The molecule has 6 atom stereocenters. The van der Waals surface area contributed by atoms with E-state index < -0.39 is 11.8 Å². The van der Waals surface area contributed by atoms with E-state index in [1.54, 1.807) is 17.8 Å². The molecule has 53 heavy (non-hydrogen) atoms. The zero-order valence-electron chi connectivity index (χ0n) is 31.7. The molecule has 0 bridgehead atoms. The van der Waals surface area contributed by atoms with Crippen LogP contribution in [0.3, 0.4) is 0 Å². The van der Waals surface area contributed by atoms with Gasteiger partial charge in [0.1, 0.15) is 29.9 Å². The molecule has 2 aromatic rings. The molecule has 2 fully saturated rings. The summed E-state index contributed by atoms with van der Waals surface area (Å²) in [6, 6.07) is 13.8. The second kappa shape index (κ2) is 18.3. The SMILES string of the molecule is C=CCO[C@@]12Oc3ccc(Oc4ccc(SC)cc4)cc3[C@H]3[C@H](CCCCO)[C@@H](CCCCO)C=C(C(=NOCC)C[C@@H]1N(CCC)C(=O)C1CC1)[C@H]32. The number of carbonyl (C=O) groups is 1. The van der Waals surface area contributed by atoms with E-state index in [-0.39, 0.29) is 55.3 Å². The molecule has 4 aliphatic rings. The number of aliphatic hydroxyl groups is 2. The van der Waals surface area contributed by atoms with E-state index in [4.69, 9.17) is 24.2 Å². The molecule has 9 nitrogen and oxygen atoms in total. The van der Waals surface area contributed by atoms with Gasteiger partial charge in [0.15, 0.2) is 0 Å². The fraction of sp³-hybridized carbons (Fsp3) is 0.581. The molecule has 2 N–H and O–H groups in total. The van der Waals surface area contributed by atoms with Crippen molar-refractivity contribution in [3.05, 3.63) is 72.3 Å². The van der Waals surface area contributed by atoms with Gasteiger partial charge in [-0.1, -0.05) is 37.1 Å². The predicted molar refractivity (Wildman–Crippen MR) is 210 cm³/mol. The molecule has 1 aliphatic heterocycles. The third-order valence-corrected chi connectivity index (χ3v) is 12.0. The molecule has 288 valence electrons. The van der Waals surface area contributed by atoms with Crippen LogP contribution in [-0.2, 0) is 14.4 Å². The summed E-state index contributed by atoms with van der Waals surface area (Å²) in [6.07, 6.45) is 14.2. The summed E-state index contributed by atoms with van der Waals surface area (Å²) in [5, 5.41) is 24.5. The fourth-order valence-corrected chi connectivity index (χ4v) is 9.27. The number of allylic oxidation sites excluding steroid dienone is 1. The normalized spacial score (nSPS) is 26.5. The highest BCUT2D eigenvalue weighted by Crippen LogP contribution is 2.62. The predicted octanol–water partition coefficient (Wildman–Crippen LogP) is 8.50. The fourth-order valence-electron chi connectivity index (χ4n) is 8.86. The summed E-state index contributed by atoms with van der Waals surface area (Å²) in [6.45, 7) is 9.62. The van der Waals surface area contributed by atoms with Gasteiger partial charge in [0.2, 0.25) is 11.7 Å². The van der Waals surface area contributed by atoms with Gasteiger partial charge in [-0.05, 0) is 118 Å². The summed E-state index contributed by atoms with van der Waals surface area (Å²) in [5.41, 5.74) is 2.93. The van der Waals surface area contributed by atoms with Crippen molar-refractivity contribution in [2.75, 3.05) is 39.2 Å². The molecule has 1 heterocycles. The molecule has 6 rings (SSSR count). The Morgan fingerprint density at radius 2 is 1.79 bits per heavy atom. The lowest BCUT2D eigenvalue weighted by Crippen LogP contribution is -2.70. The van der Waals surface area contributed by atoms with Crippen molar-refractivity contribution in [3.8, 4) is 17.2 Å². The molecule has 2 saturated carbocycles. The lowest BCUT2D eigenvalue weighted by molar-refractivity contribution is -0.257. The van der Waals surface area contributed by atoms with Crippen molar-refractivity contribution in [1.82, 2.24) is 4.90 Å². The number of hydrogen-bond acceptors (Lipinski definition) is 9. The Bertz CT molecular complexity index is 1610. The summed E-state index contributed by atoms with van der Waals surface area (Å²) in [4.78, 5) is 23.3. The number of rotatable bonds is 20. The summed E-state index contributed by atoms with van der Waals surface area (Å²) >= 11 is 1.69. The van der Waals surface area contributed by atoms with Crippen molar-refractivity contribution in [1.29, 1.82) is 0 Å². The van der Waals surface area contributed by atoms with Crippen molar-refractivity contribution in [2.45, 2.75) is 101 Å². The van der Waals surface area contributed by atoms with Crippen molar-refractivity contribution in [2.24, 2.45) is 28.8 Å². The largest absolute Gasteiger partial charge is 0.459 e. The maximum absolute atomic E-state index is 14.2. The highest BCUT2D eigenvalue weighted by Gasteiger charge is 2.65. The number of unbranched alkanes of at least 4 members (excludes halogenated alkanes) is 2. The highest BCUT2D eigenvalue weighted by molar-refractivity contribution is 7.98.